The van der Waals surface area contributed by atoms with Crippen LogP contribution in [-0.4, -0.2) is 71.9 Å². The number of rotatable bonds is 18. The molecule has 0 unspecified atom stereocenters. The third-order valence-corrected chi connectivity index (χ3v) is 8.15. The molecule has 1 fully saturated rings. The zero-order valence-corrected chi connectivity index (χ0v) is 24.2. The lowest BCUT2D eigenvalue weighted by Crippen LogP contribution is -2.81. The molecule has 2 aliphatic heterocycles. The normalized spacial score (nSPS) is 19.8. The van der Waals surface area contributed by atoms with Gasteiger partial charge in [0.25, 0.3) is 5.91 Å². The Balaban J connectivity index is 1.55. The zero-order valence-electron chi connectivity index (χ0n) is 23.4. The number of carbonyl (C=O) groups excluding carboxylic acids is 4. The molecule has 226 valence electrons. The number of hydrogen-bond donors (Lipinski definition) is 3. The van der Waals surface area contributed by atoms with Gasteiger partial charge in [-0.05, 0) is 42.7 Å². The molecule has 4 N–H and O–H groups in total. The maximum absolute atomic E-state index is 13.4. The van der Waals surface area contributed by atoms with Gasteiger partial charge in [0.15, 0.2) is 0 Å². The van der Waals surface area contributed by atoms with Gasteiger partial charge < -0.3 is 30.4 Å². The lowest BCUT2D eigenvalue weighted by Gasteiger charge is -2.56. The molecule has 1 aromatic heterocycles. The monoisotopic (exact) mass is 593 g/mol. The predicted molar refractivity (Wildman–Crippen MR) is 148 cm³/mol. The van der Waals surface area contributed by atoms with E-state index in [2.05, 4.69) is 5.32 Å². The van der Waals surface area contributed by atoms with Crippen molar-refractivity contribution in [3.8, 4) is 0 Å². The average Bonchev–Trinajstić information content (AvgIpc) is 3.45. The second-order valence-electron chi connectivity index (χ2n) is 10.1. The number of nitrogens with zero attached hydrogens (tertiary/aromatic N) is 1. The summed E-state index contributed by atoms with van der Waals surface area (Å²) in [5.41, 5.74) is 3.92. The van der Waals surface area contributed by atoms with Gasteiger partial charge in [-0.25, -0.2) is 9.59 Å². The number of primary amides is 1. The Bertz CT molecular complexity index is 1120. The van der Waals surface area contributed by atoms with Crippen molar-refractivity contribution in [1.29, 1.82) is 0 Å². The van der Waals surface area contributed by atoms with Crippen molar-refractivity contribution in [3.05, 3.63) is 33.7 Å². The van der Waals surface area contributed by atoms with E-state index in [1.54, 1.807) is 0 Å². The van der Waals surface area contributed by atoms with Crippen molar-refractivity contribution < 1.29 is 43.3 Å². The summed E-state index contributed by atoms with van der Waals surface area (Å²) in [6, 6.07) is 3.03. The largest absolute Gasteiger partial charge is 0.481 e. The van der Waals surface area contributed by atoms with Crippen LogP contribution in [0.3, 0.4) is 0 Å². The first-order chi connectivity index (χ1) is 19.7. The van der Waals surface area contributed by atoms with E-state index in [9.17, 15) is 24.0 Å². The van der Waals surface area contributed by atoms with E-state index >= 15 is 0 Å². The number of fused-ring (bicyclic) bond motifs is 1. The molecule has 3 rings (SSSR count). The van der Waals surface area contributed by atoms with Gasteiger partial charge >= 0.3 is 18.0 Å². The smallest absolute Gasteiger partial charge is 0.404 e. The number of carboxylic acid groups (broad SMARTS) is 1. The predicted octanol–water partition coefficient (Wildman–Crippen LogP) is 3.24. The first kappa shape index (κ1) is 32.1. The van der Waals surface area contributed by atoms with E-state index in [1.807, 2.05) is 17.5 Å². The summed E-state index contributed by atoms with van der Waals surface area (Å²) in [6.07, 6.45) is 7.07. The summed E-state index contributed by atoms with van der Waals surface area (Å²) in [6.45, 7) is -0.0992. The molecule has 2 aliphatic rings. The number of β-lactam (4-membered cyclic amide) rings is 1. The standard InChI is InChI=1S/C28H39N3O9S/c1-38-28(30-22(32)17-20-11-10-16-41-20)21-14-13-19(18-40-27(29)37)24(31(21)26(28)36)25(35)39-15-9-7-5-3-2-4-6-8-12-23(33)34/h10-11,16,21H,2-9,12-15,17-18H2,1H3,(H2,29,37)(H,30,32)(H,33,34)/t21-,28-/m1/s1. The number of unbranched alkanes of at least 4 members (excludes halogenated alkanes) is 7. The Hall–Kier alpha value is -3.45. The third kappa shape index (κ3) is 8.52. The Morgan fingerprint density at radius 2 is 1.78 bits per heavy atom. The third-order valence-electron chi connectivity index (χ3n) is 7.27. The van der Waals surface area contributed by atoms with Gasteiger partial charge in [-0.15, -0.1) is 11.3 Å². The van der Waals surface area contributed by atoms with Crippen LogP contribution in [-0.2, 0) is 39.8 Å². The fourth-order valence-electron chi connectivity index (χ4n) is 5.22. The number of carboxylic acids is 1. The number of methoxy groups -OCH3 is 1. The number of aliphatic carboxylic acids is 1. The first-order valence-corrected chi connectivity index (χ1v) is 14.8. The van der Waals surface area contributed by atoms with E-state index in [0.717, 1.165) is 43.4 Å². The molecule has 0 bridgehead atoms. The summed E-state index contributed by atoms with van der Waals surface area (Å²) in [5, 5.41) is 13.3. The Morgan fingerprint density at radius 3 is 2.39 bits per heavy atom. The quantitative estimate of drug-likeness (QED) is 0.0999. The number of carbonyl (C=O) groups is 5. The molecule has 0 spiro atoms. The van der Waals surface area contributed by atoms with Crippen molar-refractivity contribution in [2.75, 3.05) is 20.3 Å². The molecule has 3 heterocycles. The highest BCUT2D eigenvalue weighted by Gasteiger charge is 2.65. The molecule has 12 nitrogen and oxygen atoms in total. The topological polar surface area (TPSA) is 175 Å². The average molecular weight is 594 g/mol. The van der Waals surface area contributed by atoms with Crippen LogP contribution in [0.5, 0.6) is 0 Å². The molecular weight excluding hydrogens is 554 g/mol. The molecular formula is C28H39N3O9S. The molecule has 13 heteroatoms. The van der Waals surface area contributed by atoms with Gasteiger partial charge in [-0.2, -0.15) is 0 Å². The van der Waals surface area contributed by atoms with Crippen LogP contribution in [0.25, 0.3) is 0 Å². The Labute approximate surface area is 243 Å². The van der Waals surface area contributed by atoms with Crippen LogP contribution in [0.2, 0.25) is 0 Å². The number of nitrogens with one attached hydrogen (secondary N) is 1. The minimum Gasteiger partial charge on any atom is -0.481 e. The molecule has 0 saturated carbocycles. The number of nitrogens with two attached hydrogens (primary N) is 1. The lowest BCUT2D eigenvalue weighted by molar-refractivity contribution is -0.206. The molecule has 2 atom stereocenters. The molecule has 1 saturated heterocycles. The minimum atomic E-state index is -1.61. The molecule has 3 amide bonds. The number of ether oxygens (including phenoxy) is 3. The summed E-state index contributed by atoms with van der Waals surface area (Å²) >= 11 is 1.43. The summed E-state index contributed by atoms with van der Waals surface area (Å²) in [4.78, 5) is 63.3. The van der Waals surface area contributed by atoms with Crippen molar-refractivity contribution in [3.63, 3.8) is 0 Å². The number of esters is 1. The van der Waals surface area contributed by atoms with E-state index in [4.69, 9.17) is 25.1 Å². The van der Waals surface area contributed by atoms with Gasteiger partial charge in [-0.1, -0.05) is 44.6 Å². The van der Waals surface area contributed by atoms with Crippen LogP contribution in [0.1, 0.15) is 75.5 Å². The van der Waals surface area contributed by atoms with Crippen LogP contribution in [0.15, 0.2) is 28.8 Å². The van der Waals surface area contributed by atoms with Crippen LogP contribution in [0, 0.1) is 0 Å². The molecule has 0 aromatic carbocycles. The molecule has 1 aromatic rings. The second kappa shape index (κ2) is 15.5. The fourth-order valence-corrected chi connectivity index (χ4v) is 5.92. The van der Waals surface area contributed by atoms with Crippen LogP contribution < -0.4 is 11.1 Å². The first-order valence-electron chi connectivity index (χ1n) is 13.9. The van der Waals surface area contributed by atoms with Crippen molar-refractivity contribution in [2.45, 2.75) is 88.8 Å². The van der Waals surface area contributed by atoms with Gasteiger partial charge in [-0.3, -0.25) is 19.3 Å². The van der Waals surface area contributed by atoms with E-state index < -0.39 is 35.7 Å². The van der Waals surface area contributed by atoms with Crippen molar-refractivity contribution in [2.24, 2.45) is 5.73 Å². The SMILES string of the molecule is CO[C@@]1(NC(=O)Cc2cccs2)C(=O)N2C(C(=O)OCCCCCCCCCCC(=O)O)=C(COC(N)=O)CC[C@@H]21. The van der Waals surface area contributed by atoms with E-state index in [-0.39, 0.29) is 37.7 Å². The Morgan fingerprint density at radius 1 is 1.10 bits per heavy atom. The van der Waals surface area contributed by atoms with E-state index in [0.29, 0.717) is 31.3 Å². The van der Waals surface area contributed by atoms with Gasteiger partial charge in [0.05, 0.1) is 19.1 Å². The maximum Gasteiger partial charge on any atom is 0.404 e. The minimum absolute atomic E-state index is 0.00552. The zero-order chi connectivity index (χ0) is 29.8. The molecule has 0 aliphatic carbocycles. The summed E-state index contributed by atoms with van der Waals surface area (Å²) < 4.78 is 16.0. The number of thiophene rings is 1. The number of amides is 3. The highest BCUT2D eigenvalue weighted by atomic mass is 32.1. The summed E-state index contributed by atoms with van der Waals surface area (Å²) in [7, 11) is 1.34. The van der Waals surface area contributed by atoms with Crippen molar-refractivity contribution in [1.82, 2.24) is 10.2 Å². The van der Waals surface area contributed by atoms with Crippen molar-refractivity contribution >= 4 is 41.2 Å². The van der Waals surface area contributed by atoms with Gasteiger partial charge in [0.1, 0.15) is 12.3 Å². The van der Waals surface area contributed by atoms with Gasteiger partial charge in [0.2, 0.25) is 11.6 Å². The van der Waals surface area contributed by atoms with Crippen LogP contribution >= 0.6 is 11.3 Å². The molecule has 41 heavy (non-hydrogen) atoms. The highest BCUT2D eigenvalue weighted by Crippen LogP contribution is 2.43. The Kier molecular flexibility index (Phi) is 12.1. The van der Waals surface area contributed by atoms with Gasteiger partial charge in [0, 0.05) is 18.4 Å². The fraction of sp³-hybridized carbons (Fsp3) is 0.607. The highest BCUT2D eigenvalue weighted by molar-refractivity contribution is 7.10. The maximum atomic E-state index is 13.4. The van der Waals surface area contributed by atoms with Crippen LogP contribution in [0.4, 0.5) is 4.79 Å². The lowest BCUT2D eigenvalue weighted by atomic mass is 9.80. The van der Waals surface area contributed by atoms with E-state index in [1.165, 1.54) is 23.3 Å². The number of hydrogen-bond acceptors (Lipinski definition) is 9. The second-order valence-corrected chi connectivity index (χ2v) is 11.2. The summed E-state index contributed by atoms with van der Waals surface area (Å²) in [5.74, 6) is -2.45. The molecule has 0 radical (unpaired) electrons.